The Morgan fingerprint density at radius 1 is 1.00 bits per heavy atom. The highest BCUT2D eigenvalue weighted by molar-refractivity contribution is 7.07. The molecule has 0 aliphatic carbocycles. The summed E-state index contributed by atoms with van der Waals surface area (Å²) in [6.45, 7) is 1.57. The van der Waals surface area contributed by atoms with Crippen molar-refractivity contribution in [2.45, 2.75) is 12.8 Å². The molecular weight excluding hydrogens is 532 g/mol. The van der Waals surface area contributed by atoms with E-state index in [2.05, 4.69) is 0 Å². The molecule has 39 heavy (non-hydrogen) atoms. The number of thiazole rings is 1. The first-order valence-electron chi connectivity index (χ1n) is 11.3. The SMILES string of the molecule is CCOC(=O)C1=c2s/c(=C\c3ccc([N+](=O)[O-])cc3)c(=O)n2C(N)=C(C(=O)OC)[C@H]1c1ccc([N+](=O)[O-])cc1. The van der Waals surface area contributed by atoms with Crippen molar-refractivity contribution in [3.63, 3.8) is 0 Å². The van der Waals surface area contributed by atoms with Crippen molar-refractivity contribution >= 4 is 52.1 Å². The molecule has 2 heterocycles. The van der Waals surface area contributed by atoms with E-state index >= 15 is 0 Å². The van der Waals surface area contributed by atoms with Crippen LogP contribution in [0.2, 0.25) is 0 Å². The molecule has 13 nitrogen and oxygen atoms in total. The van der Waals surface area contributed by atoms with E-state index < -0.39 is 33.3 Å². The van der Waals surface area contributed by atoms with E-state index in [-0.39, 0.29) is 44.1 Å². The summed E-state index contributed by atoms with van der Waals surface area (Å²) in [7, 11) is 1.11. The number of methoxy groups -OCH3 is 1. The zero-order valence-corrected chi connectivity index (χ0v) is 21.3. The number of hydrogen-bond acceptors (Lipinski definition) is 11. The first-order valence-corrected chi connectivity index (χ1v) is 12.1. The maximum Gasteiger partial charge on any atom is 0.338 e. The standard InChI is InChI=1S/C25H20N4O9S/c1-3-38-25(32)20-18(14-6-10-16(11-7-14)29(35)36)19(24(31)37-2)21(26)27-22(30)17(39-23(20)27)12-13-4-8-15(9-5-13)28(33)34/h4-12,18H,3,26H2,1-2H3/b17-12-/t18-/m1/s1. The third-order valence-electron chi connectivity index (χ3n) is 5.89. The Balaban J connectivity index is 2.06. The molecule has 200 valence electrons. The molecule has 0 amide bonds. The first kappa shape index (κ1) is 26.9. The average Bonchev–Trinajstić information content (AvgIpc) is 3.24. The summed E-state index contributed by atoms with van der Waals surface area (Å²) < 4.78 is 11.4. The number of benzene rings is 2. The Hall–Kier alpha value is -5.11. The van der Waals surface area contributed by atoms with Crippen LogP contribution in [0.15, 0.2) is 58.9 Å². The lowest BCUT2D eigenvalue weighted by Gasteiger charge is -2.26. The summed E-state index contributed by atoms with van der Waals surface area (Å²) >= 11 is 0.910. The van der Waals surface area contributed by atoms with Crippen LogP contribution in [0, 0.1) is 20.2 Å². The Kier molecular flexibility index (Phi) is 7.40. The fourth-order valence-electron chi connectivity index (χ4n) is 4.13. The molecule has 0 spiro atoms. The third kappa shape index (κ3) is 4.92. The van der Waals surface area contributed by atoms with Gasteiger partial charge in [-0.2, -0.15) is 0 Å². The Morgan fingerprint density at radius 2 is 1.56 bits per heavy atom. The number of nitro groups is 2. The van der Waals surface area contributed by atoms with Gasteiger partial charge in [0.25, 0.3) is 16.9 Å². The molecule has 1 aromatic heterocycles. The van der Waals surface area contributed by atoms with E-state index in [9.17, 15) is 34.6 Å². The van der Waals surface area contributed by atoms with Crippen molar-refractivity contribution in [3.05, 3.63) is 105 Å². The molecule has 4 rings (SSSR count). The van der Waals surface area contributed by atoms with Crippen LogP contribution in [-0.2, 0) is 19.1 Å². The second kappa shape index (κ2) is 10.7. The van der Waals surface area contributed by atoms with Gasteiger partial charge in [-0.25, -0.2) is 9.59 Å². The number of esters is 2. The molecule has 3 aromatic rings. The van der Waals surface area contributed by atoms with E-state index in [0.717, 1.165) is 23.0 Å². The van der Waals surface area contributed by atoms with Crippen LogP contribution in [0.5, 0.6) is 0 Å². The minimum Gasteiger partial charge on any atom is -0.466 e. The van der Waals surface area contributed by atoms with Crippen LogP contribution in [-0.4, -0.2) is 40.1 Å². The summed E-state index contributed by atoms with van der Waals surface area (Å²) in [6, 6.07) is 10.7. The average molecular weight is 553 g/mol. The van der Waals surface area contributed by atoms with Gasteiger partial charge < -0.3 is 15.2 Å². The normalized spacial score (nSPS) is 15.1. The predicted molar refractivity (Wildman–Crippen MR) is 140 cm³/mol. The second-order valence-electron chi connectivity index (χ2n) is 8.11. The van der Waals surface area contributed by atoms with Crippen LogP contribution in [0.3, 0.4) is 0 Å². The topological polar surface area (TPSA) is 187 Å². The molecule has 14 heteroatoms. The summed E-state index contributed by atoms with van der Waals surface area (Å²) in [5.74, 6) is -3.19. The largest absolute Gasteiger partial charge is 0.466 e. The van der Waals surface area contributed by atoms with Gasteiger partial charge in [0.05, 0.1) is 45.2 Å². The number of carbonyl (C=O) groups excluding carboxylic acids is 2. The van der Waals surface area contributed by atoms with Crippen LogP contribution < -0.4 is 20.5 Å². The molecule has 1 atom stereocenters. The molecule has 0 fully saturated rings. The van der Waals surface area contributed by atoms with E-state index in [4.69, 9.17) is 15.2 Å². The summed E-state index contributed by atoms with van der Waals surface area (Å²) in [6.07, 6.45) is 1.47. The van der Waals surface area contributed by atoms with Crippen molar-refractivity contribution < 1.29 is 28.9 Å². The molecule has 0 bridgehead atoms. The molecule has 2 aromatic carbocycles. The number of non-ortho nitro benzene ring substituents is 2. The van der Waals surface area contributed by atoms with E-state index in [1.165, 1.54) is 54.6 Å². The van der Waals surface area contributed by atoms with Crippen molar-refractivity contribution in [2.24, 2.45) is 5.73 Å². The minimum absolute atomic E-state index is 0.0144. The lowest BCUT2D eigenvalue weighted by atomic mass is 9.83. The maximum absolute atomic E-state index is 13.5. The van der Waals surface area contributed by atoms with Crippen molar-refractivity contribution in [3.8, 4) is 0 Å². The highest BCUT2D eigenvalue weighted by Gasteiger charge is 2.39. The molecule has 0 saturated carbocycles. The van der Waals surface area contributed by atoms with Gasteiger partial charge in [0.2, 0.25) is 0 Å². The van der Waals surface area contributed by atoms with Crippen molar-refractivity contribution in [1.82, 2.24) is 4.57 Å². The highest BCUT2D eigenvalue weighted by atomic mass is 32.1. The molecule has 0 saturated heterocycles. The van der Waals surface area contributed by atoms with E-state index in [1.807, 2.05) is 0 Å². The maximum atomic E-state index is 13.5. The van der Waals surface area contributed by atoms with Gasteiger partial charge in [0.1, 0.15) is 10.5 Å². The van der Waals surface area contributed by atoms with Gasteiger partial charge in [0, 0.05) is 24.3 Å². The number of ether oxygens (including phenoxy) is 2. The van der Waals surface area contributed by atoms with Crippen molar-refractivity contribution in [1.29, 1.82) is 0 Å². The quantitative estimate of drug-likeness (QED) is 0.255. The number of rotatable bonds is 7. The molecule has 0 unspecified atom stereocenters. The molecule has 2 N–H and O–H groups in total. The fourth-order valence-corrected chi connectivity index (χ4v) is 5.29. The van der Waals surface area contributed by atoms with Gasteiger partial charge in [-0.1, -0.05) is 12.1 Å². The summed E-state index contributed by atoms with van der Waals surface area (Å²) in [5.41, 5.74) is 5.85. The lowest BCUT2D eigenvalue weighted by Crippen LogP contribution is -2.41. The minimum atomic E-state index is -1.16. The van der Waals surface area contributed by atoms with Gasteiger partial charge in [-0.3, -0.25) is 29.6 Å². The lowest BCUT2D eigenvalue weighted by molar-refractivity contribution is -0.385. The van der Waals surface area contributed by atoms with Gasteiger partial charge in [-0.15, -0.1) is 11.3 Å². The molecule has 1 aliphatic rings. The van der Waals surface area contributed by atoms with Crippen LogP contribution in [0.4, 0.5) is 11.4 Å². The number of aromatic nitrogens is 1. The van der Waals surface area contributed by atoms with E-state index in [0.29, 0.717) is 11.1 Å². The Bertz CT molecular complexity index is 1720. The summed E-state index contributed by atoms with van der Waals surface area (Å²) in [4.78, 5) is 60.7. The number of hydrogen-bond donors (Lipinski definition) is 1. The van der Waals surface area contributed by atoms with Gasteiger partial charge >= 0.3 is 11.9 Å². The fraction of sp³-hybridized carbons (Fsp3) is 0.160. The van der Waals surface area contributed by atoms with Crippen LogP contribution in [0.25, 0.3) is 17.5 Å². The number of fused-ring (bicyclic) bond motifs is 1. The van der Waals surface area contributed by atoms with E-state index in [1.54, 1.807) is 6.92 Å². The van der Waals surface area contributed by atoms with Crippen molar-refractivity contribution in [2.75, 3.05) is 13.7 Å². The zero-order valence-electron chi connectivity index (χ0n) is 20.5. The highest BCUT2D eigenvalue weighted by Crippen LogP contribution is 2.38. The molecule has 1 aliphatic heterocycles. The number of nitrogens with zero attached hydrogens (tertiary/aromatic N) is 3. The monoisotopic (exact) mass is 552 g/mol. The third-order valence-corrected chi connectivity index (χ3v) is 7.00. The number of nitro benzene ring substituents is 2. The Morgan fingerprint density at radius 3 is 2.08 bits per heavy atom. The zero-order chi connectivity index (χ0) is 28.4. The molecule has 0 radical (unpaired) electrons. The van der Waals surface area contributed by atoms with Crippen LogP contribution in [0.1, 0.15) is 24.0 Å². The first-order chi connectivity index (χ1) is 18.6. The molecular formula is C25H20N4O9S. The van der Waals surface area contributed by atoms with Crippen LogP contribution >= 0.6 is 11.3 Å². The number of carbonyl (C=O) groups is 2. The predicted octanol–water partition coefficient (Wildman–Crippen LogP) is 1.37. The number of nitrogens with two attached hydrogens (primary N) is 1. The van der Waals surface area contributed by atoms with Gasteiger partial charge in [-0.05, 0) is 36.3 Å². The second-order valence-corrected chi connectivity index (χ2v) is 9.14. The smallest absolute Gasteiger partial charge is 0.338 e. The Labute approximate surface area is 223 Å². The van der Waals surface area contributed by atoms with Gasteiger partial charge in [0.15, 0.2) is 0 Å². The summed E-state index contributed by atoms with van der Waals surface area (Å²) in [5, 5.41) is 22.1.